The third-order valence-electron chi connectivity index (χ3n) is 5.39. The molecule has 4 rings (SSSR count). The second-order valence-corrected chi connectivity index (χ2v) is 8.05. The van der Waals surface area contributed by atoms with Crippen LogP contribution in [0.3, 0.4) is 0 Å². The third-order valence-corrected chi connectivity index (χ3v) is 5.68. The number of benzene rings is 2. The predicted molar refractivity (Wildman–Crippen MR) is 129 cm³/mol. The van der Waals surface area contributed by atoms with Crippen molar-refractivity contribution < 1.29 is 18.6 Å². The number of halogens is 2. The average molecular weight is 500 g/mol. The van der Waals surface area contributed by atoms with Crippen molar-refractivity contribution >= 4 is 40.0 Å². The summed E-state index contributed by atoms with van der Waals surface area (Å²) in [7, 11) is 1.52. The zero-order valence-corrected chi connectivity index (χ0v) is 19.6. The standard InChI is InChI=1S/C23H23ClFN7O3/c1-33-19-8-15-18(29-13-30-22(15)31-17-5-2-4-16(24)21(17)25)9-20(19)35-11-14-10-32(6-3-7-34-14)23(27)28-12-26/h2,4-5,8-9,13-14H,3,6-7,10-11H2,1H3,(H2,27,28)(H,29,30,31). The highest BCUT2D eigenvalue weighted by atomic mass is 35.5. The fraction of sp³-hybridized carbons (Fsp3) is 0.304. The molecule has 0 aliphatic carbocycles. The van der Waals surface area contributed by atoms with Crippen LogP contribution in [0.2, 0.25) is 5.02 Å². The van der Waals surface area contributed by atoms with Crippen molar-refractivity contribution in [2.24, 2.45) is 10.7 Å². The quantitative estimate of drug-likeness (QED) is 0.297. The number of nitrogens with zero attached hydrogens (tertiary/aromatic N) is 5. The zero-order chi connectivity index (χ0) is 24.8. The summed E-state index contributed by atoms with van der Waals surface area (Å²) in [4.78, 5) is 14.0. The van der Waals surface area contributed by atoms with E-state index in [2.05, 4.69) is 20.3 Å². The summed E-state index contributed by atoms with van der Waals surface area (Å²) in [6.07, 6.45) is 3.51. The van der Waals surface area contributed by atoms with E-state index in [9.17, 15) is 4.39 Å². The van der Waals surface area contributed by atoms with Gasteiger partial charge in [0, 0.05) is 24.6 Å². The molecule has 1 aliphatic rings. The molecule has 12 heteroatoms. The number of nitrogens with one attached hydrogen (secondary N) is 1. The largest absolute Gasteiger partial charge is 0.493 e. The van der Waals surface area contributed by atoms with Gasteiger partial charge in [0.1, 0.15) is 24.9 Å². The predicted octanol–water partition coefficient (Wildman–Crippen LogP) is 3.44. The van der Waals surface area contributed by atoms with Crippen LogP contribution in [-0.4, -0.2) is 60.3 Å². The summed E-state index contributed by atoms with van der Waals surface area (Å²) in [5, 5.41) is 12.3. The number of methoxy groups -OCH3 is 1. The Morgan fingerprint density at radius 2 is 2.26 bits per heavy atom. The van der Waals surface area contributed by atoms with Crippen LogP contribution in [-0.2, 0) is 4.74 Å². The second-order valence-electron chi connectivity index (χ2n) is 7.64. The zero-order valence-electron chi connectivity index (χ0n) is 18.9. The number of ether oxygens (including phenoxy) is 3. The van der Waals surface area contributed by atoms with Crippen LogP contribution in [0.4, 0.5) is 15.9 Å². The Morgan fingerprint density at radius 1 is 1.40 bits per heavy atom. The number of nitriles is 1. The van der Waals surface area contributed by atoms with E-state index in [1.54, 1.807) is 35.4 Å². The molecule has 182 valence electrons. The molecule has 1 saturated heterocycles. The van der Waals surface area contributed by atoms with Crippen molar-refractivity contribution in [3.05, 3.63) is 47.5 Å². The van der Waals surface area contributed by atoms with E-state index in [0.29, 0.717) is 47.9 Å². The van der Waals surface area contributed by atoms with E-state index in [4.69, 9.17) is 36.8 Å². The van der Waals surface area contributed by atoms with Crippen molar-refractivity contribution in [1.82, 2.24) is 14.9 Å². The van der Waals surface area contributed by atoms with E-state index < -0.39 is 5.82 Å². The minimum absolute atomic E-state index is 0.00146. The smallest absolute Gasteiger partial charge is 0.209 e. The molecule has 3 aromatic rings. The second kappa shape index (κ2) is 11.0. The van der Waals surface area contributed by atoms with Crippen LogP contribution in [0, 0.1) is 17.3 Å². The van der Waals surface area contributed by atoms with Crippen LogP contribution >= 0.6 is 11.6 Å². The van der Waals surface area contributed by atoms with Gasteiger partial charge in [0.2, 0.25) is 12.2 Å². The summed E-state index contributed by atoms with van der Waals surface area (Å²) in [5.74, 6) is 0.857. The summed E-state index contributed by atoms with van der Waals surface area (Å²) >= 11 is 5.89. The monoisotopic (exact) mass is 499 g/mol. The van der Waals surface area contributed by atoms with Gasteiger partial charge in [-0.05, 0) is 24.6 Å². The number of nitrogens with two attached hydrogens (primary N) is 1. The molecule has 1 unspecified atom stereocenters. The molecule has 0 amide bonds. The van der Waals surface area contributed by atoms with Gasteiger partial charge in [-0.2, -0.15) is 5.26 Å². The van der Waals surface area contributed by atoms with Crippen LogP contribution < -0.4 is 20.5 Å². The number of fused-ring (bicyclic) bond motifs is 1. The molecule has 0 bridgehead atoms. The molecule has 1 aliphatic heterocycles. The van der Waals surface area contributed by atoms with Gasteiger partial charge in [0.05, 0.1) is 29.9 Å². The average Bonchev–Trinajstić information content (AvgIpc) is 3.11. The first kappa shape index (κ1) is 24.3. The molecule has 1 aromatic heterocycles. The van der Waals surface area contributed by atoms with Crippen molar-refractivity contribution in [3.8, 4) is 17.7 Å². The molecule has 3 N–H and O–H groups in total. The third kappa shape index (κ3) is 5.62. The lowest BCUT2D eigenvalue weighted by Gasteiger charge is -2.24. The van der Waals surface area contributed by atoms with Crippen LogP contribution in [0.1, 0.15) is 6.42 Å². The summed E-state index contributed by atoms with van der Waals surface area (Å²) in [5.41, 5.74) is 6.63. The van der Waals surface area contributed by atoms with Gasteiger partial charge in [0.15, 0.2) is 17.3 Å². The lowest BCUT2D eigenvalue weighted by Crippen LogP contribution is -2.43. The van der Waals surface area contributed by atoms with Crippen LogP contribution in [0.15, 0.2) is 41.7 Å². The maximum Gasteiger partial charge on any atom is 0.209 e. The maximum absolute atomic E-state index is 14.4. The summed E-state index contributed by atoms with van der Waals surface area (Å²) in [6, 6.07) is 8.10. The van der Waals surface area contributed by atoms with Crippen LogP contribution in [0.5, 0.6) is 11.5 Å². The molecule has 2 heterocycles. The number of rotatable bonds is 6. The van der Waals surface area contributed by atoms with Gasteiger partial charge in [-0.1, -0.05) is 17.7 Å². The SMILES string of the molecule is COc1cc2c(Nc3cccc(Cl)c3F)ncnc2cc1OCC1CN(C(N)=NC#N)CCCO1. The molecule has 1 atom stereocenters. The van der Waals surface area contributed by atoms with Gasteiger partial charge in [0.25, 0.3) is 0 Å². The number of anilines is 2. The Morgan fingerprint density at radius 3 is 3.06 bits per heavy atom. The van der Waals surface area contributed by atoms with Gasteiger partial charge < -0.3 is 30.2 Å². The Balaban J connectivity index is 1.56. The molecule has 1 fully saturated rings. The van der Waals surface area contributed by atoms with E-state index in [0.717, 1.165) is 6.42 Å². The number of aromatic nitrogens is 2. The molecule has 0 spiro atoms. The first-order valence-corrected chi connectivity index (χ1v) is 11.1. The van der Waals surface area contributed by atoms with Gasteiger partial charge in [-0.15, -0.1) is 4.99 Å². The Labute approximate surface area is 206 Å². The van der Waals surface area contributed by atoms with Gasteiger partial charge in [-0.25, -0.2) is 14.4 Å². The van der Waals surface area contributed by atoms with E-state index in [-0.39, 0.29) is 29.4 Å². The van der Waals surface area contributed by atoms with Gasteiger partial charge >= 0.3 is 0 Å². The highest BCUT2D eigenvalue weighted by molar-refractivity contribution is 6.31. The Bertz CT molecular complexity index is 1280. The first-order valence-electron chi connectivity index (χ1n) is 10.8. The molecule has 35 heavy (non-hydrogen) atoms. The fourth-order valence-electron chi connectivity index (χ4n) is 3.67. The van der Waals surface area contributed by atoms with Crippen molar-refractivity contribution in [1.29, 1.82) is 5.26 Å². The number of aliphatic imine (C=N–C) groups is 1. The number of hydrogen-bond donors (Lipinski definition) is 2. The molecule has 2 aromatic carbocycles. The van der Waals surface area contributed by atoms with Gasteiger partial charge in [-0.3, -0.25) is 0 Å². The molecular weight excluding hydrogens is 477 g/mol. The van der Waals surface area contributed by atoms with Crippen molar-refractivity contribution in [2.75, 3.05) is 38.7 Å². The fourth-order valence-corrected chi connectivity index (χ4v) is 3.85. The highest BCUT2D eigenvalue weighted by Crippen LogP contribution is 2.35. The van der Waals surface area contributed by atoms with Crippen molar-refractivity contribution in [2.45, 2.75) is 12.5 Å². The van der Waals surface area contributed by atoms with E-state index >= 15 is 0 Å². The highest BCUT2D eigenvalue weighted by Gasteiger charge is 2.22. The topological polar surface area (TPSA) is 131 Å². The Hall–Kier alpha value is -3.88. The minimum atomic E-state index is -0.578. The molecular formula is C23H23ClFN7O3. The first-order chi connectivity index (χ1) is 17.0. The number of hydrogen-bond acceptors (Lipinski definition) is 8. The molecule has 0 radical (unpaired) electrons. The Kier molecular flexibility index (Phi) is 7.64. The normalized spacial score (nSPS) is 16.5. The maximum atomic E-state index is 14.4. The summed E-state index contributed by atoms with van der Waals surface area (Å²) < 4.78 is 31.8. The summed E-state index contributed by atoms with van der Waals surface area (Å²) in [6.45, 7) is 1.80. The lowest BCUT2D eigenvalue weighted by molar-refractivity contribution is 0.0258. The molecule has 10 nitrogen and oxygen atoms in total. The van der Waals surface area contributed by atoms with E-state index in [1.165, 1.54) is 19.5 Å². The van der Waals surface area contributed by atoms with Crippen molar-refractivity contribution in [3.63, 3.8) is 0 Å². The minimum Gasteiger partial charge on any atom is -0.493 e. The number of guanidine groups is 1. The molecule has 0 saturated carbocycles. The van der Waals surface area contributed by atoms with Crippen LogP contribution in [0.25, 0.3) is 10.9 Å². The van der Waals surface area contributed by atoms with E-state index in [1.807, 2.05) is 0 Å². The lowest BCUT2D eigenvalue weighted by atomic mass is 10.2.